The van der Waals surface area contributed by atoms with Crippen LogP contribution >= 0.6 is 0 Å². The highest BCUT2D eigenvalue weighted by Gasteiger charge is 2.41. The van der Waals surface area contributed by atoms with Crippen molar-refractivity contribution in [1.29, 1.82) is 0 Å². The normalized spacial score (nSPS) is 12.9. The molecule has 268 valence electrons. The van der Waals surface area contributed by atoms with Crippen LogP contribution in [0.5, 0.6) is 0 Å². The van der Waals surface area contributed by atoms with Gasteiger partial charge in [-0.1, -0.05) is 183 Å². The molecule has 9 aromatic carbocycles. The Morgan fingerprint density at radius 2 is 0.754 bits per heavy atom. The molecule has 0 bridgehead atoms. The highest BCUT2D eigenvalue weighted by atomic mass is 28.3. The molecule has 0 amide bonds. The van der Waals surface area contributed by atoms with Crippen LogP contribution in [-0.4, -0.2) is 18.0 Å². The number of fused-ring (bicyclic) bond motifs is 9. The number of hydrogen-bond acceptors (Lipinski definition) is 2. The van der Waals surface area contributed by atoms with Crippen molar-refractivity contribution < 1.29 is 0 Å². The van der Waals surface area contributed by atoms with Crippen LogP contribution in [-0.2, 0) is 0 Å². The number of rotatable bonds is 5. The molecule has 0 fully saturated rings. The van der Waals surface area contributed by atoms with Gasteiger partial charge in [0.2, 0.25) is 0 Å². The lowest BCUT2D eigenvalue weighted by atomic mass is 9.91. The number of aromatic nitrogens is 2. The molecule has 1 aliphatic rings. The summed E-state index contributed by atoms with van der Waals surface area (Å²) in [5, 5.41) is 10.5. The quantitative estimate of drug-likeness (QED) is 0.130. The minimum Gasteiger partial charge on any atom is -0.228 e. The van der Waals surface area contributed by atoms with Crippen molar-refractivity contribution in [2.75, 3.05) is 0 Å². The summed E-state index contributed by atoms with van der Waals surface area (Å²) in [5.41, 5.74) is 12.6. The molecule has 10 aromatic rings. The largest absolute Gasteiger partial charge is 0.228 e. The second kappa shape index (κ2) is 13.1. The molecule has 2 nitrogen and oxygen atoms in total. The van der Waals surface area contributed by atoms with Gasteiger partial charge in [-0.2, -0.15) is 0 Å². The molecule has 0 atom stereocenters. The molecular formula is C54H38N2Si. The van der Waals surface area contributed by atoms with Gasteiger partial charge in [-0.05, 0) is 106 Å². The zero-order valence-corrected chi connectivity index (χ0v) is 32.9. The van der Waals surface area contributed by atoms with Crippen LogP contribution in [0.15, 0.2) is 194 Å². The molecule has 0 unspecified atom stereocenters. The van der Waals surface area contributed by atoms with E-state index in [1.54, 1.807) is 0 Å². The molecule has 0 spiro atoms. The Labute approximate surface area is 333 Å². The third kappa shape index (κ3) is 5.46. The van der Waals surface area contributed by atoms with Gasteiger partial charge in [0.05, 0.1) is 11.4 Å². The maximum absolute atomic E-state index is 5.50. The Kier molecular flexibility index (Phi) is 7.67. The highest BCUT2D eigenvalue weighted by molar-refractivity contribution is 7.04. The first-order chi connectivity index (χ1) is 28.0. The minimum atomic E-state index is -2.10. The second-order valence-electron chi connectivity index (χ2n) is 15.7. The number of benzene rings is 9. The Morgan fingerprint density at radius 1 is 0.316 bits per heavy atom. The number of hydrogen-bond donors (Lipinski definition) is 0. The summed E-state index contributed by atoms with van der Waals surface area (Å²) in [6, 6.07) is 70.5. The Morgan fingerprint density at radius 3 is 1.42 bits per heavy atom. The first-order valence-electron chi connectivity index (χ1n) is 19.7. The highest BCUT2D eigenvalue weighted by Crippen LogP contribution is 2.39. The summed E-state index contributed by atoms with van der Waals surface area (Å²) >= 11 is 0. The van der Waals surface area contributed by atoms with E-state index in [9.17, 15) is 0 Å². The van der Waals surface area contributed by atoms with Crippen LogP contribution in [0.3, 0.4) is 0 Å². The van der Waals surface area contributed by atoms with Crippen LogP contribution in [0, 0.1) is 0 Å². The van der Waals surface area contributed by atoms with E-state index in [2.05, 4.69) is 207 Å². The molecule has 57 heavy (non-hydrogen) atoms. The lowest BCUT2D eigenvalue weighted by Gasteiger charge is -2.22. The van der Waals surface area contributed by atoms with E-state index in [4.69, 9.17) is 9.97 Å². The smallest absolute Gasteiger partial charge is 0.160 e. The summed E-state index contributed by atoms with van der Waals surface area (Å²) in [5.74, 6) is 0.752. The van der Waals surface area contributed by atoms with Gasteiger partial charge >= 0.3 is 0 Å². The lowest BCUT2D eigenvalue weighted by molar-refractivity contribution is 1.20. The van der Waals surface area contributed by atoms with Gasteiger partial charge in [0, 0.05) is 11.1 Å². The van der Waals surface area contributed by atoms with Crippen molar-refractivity contribution in [2.45, 2.75) is 13.1 Å². The van der Waals surface area contributed by atoms with Crippen molar-refractivity contribution in [2.24, 2.45) is 0 Å². The molecular weight excluding hydrogens is 705 g/mol. The average molecular weight is 743 g/mol. The molecule has 0 aliphatic carbocycles. The predicted octanol–water partition coefficient (Wildman–Crippen LogP) is 13.1. The zero-order chi connectivity index (χ0) is 38.1. The van der Waals surface area contributed by atoms with Gasteiger partial charge in [-0.15, -0.1) is 0 Å². The van der Waals surface area contributed by atoms with Gasteiger partial charge in [-0.3, -0.25) is 0 Å². The molecule has 0 saturated heterocycles. The monoisotopic (exact) mass is 742 g/mol. The van der Waals surface area contributed by atoms with E-state index in [0.29, 0.717) is 0 Å². The van der Waals surface area contributed by atoms with Gasteiger partial charge in [-0.25, -0.2) is 9.97 Å². The van der Waals surface area contributed by atoms with Crippen molar-refractivity contribution in [3.63, 3.8) is 0 Å². The third-order valence-electron chi connectivity index (χ3n) is 12.0. The van der Waals surface area contributed by atoms with E-state index in [-0.39, 0.29) is 0 Å². The fourth-order valence-electron chi connectivity index (χ4n) is 9.23. The second-order valence-corrected chi connectivity index (χ2v) is 20.0. The standard InChI is InChI=1S/C54H38N2Si/c1-57(2)50-28-11-10-27-48(50)52-53(57)51(41-21-13-17-36(32-41)35-15-4-3-5-16-35)55-54(56-52)42-22-14-20-39(33-42)37-18-12-19-38(31-37)40-29-30-47-45-25-7-6-23-43(45)44-24-8-9-26-46(44)49(47)34-40/h3-34H,1-2H3. The summed E-state index contributed by atoms with van der Waals surface area (Å²) in [6.07, 6.45) is 0. The first kappa shape index (κ1) is 33.4. The third-order valence-corrected chi connectivity index (χ3v) is 15.5. The molecule has 0 N–H and O–H groups in total. The Balaban J connectivity index is 1.03. The lowest BCUT2D eigenvalue weighted by Crippen LogP contribution is -2.50. The summed E-state index contributed by atoms with van der Waals surface area (Å²) in [4.78, 5) is 10.9. The van der Waals surface area contributed by atoms with E-state index in [0.717, 1.165) is 39.5 Å². The average Bonchev–Trinajstić information content (AvgIpc) is 3.52. The molecule has 1 aliphatic heterocycles. The fourth-order valence-corrected chi connectivity index (χ4v) is 12.5. The topological polar surface area (TPSA) is 25.8 Å². The van der Waals surface area contributed by atoms with E-state index >= 15 is 0 Å². The van der Waals surface area contributed by atoms with Crippen molar-refractivity contribution in [3.8, 4) is 67.3 Å². The Hall–Kier alpha value is -6.94. The molecule has 0 saturated carbocycles. The van der Waals surface area contributed by atoms with Crippen LogP contribution in [0.2, 0.25) is 13.1 Å². The molecule has 0 radical (unpaired) electrons. The summed E-state index contributed by atoms with van der Waals surface area (Å²) in [6.45, 7) is 4.89. The zero-order valence-electron chi connectivity index (χ0n) is 31.9. The minimum absolute atomic E-state index is 0.752. The van der Waals surface area contributed by atoms with Crippen molar-refractivity contribution in [1.82, 2.24) is 9.97 Å². The molecule has 3 heteroatoms. The SMILES string of the molecule is C[Si]1(C)c2ccccc2-c2nc(-c3cccc(-c4cccc(-c5ccc6c7ccccc7c7ccccc7c6c5)c4)c3)nc(-c3cccc(-c4ccccc4)c3)c21. The Bertz CT molecular complexity index is 3180. The fraction of sp³-hybridized carbons (Fsp3) is 0.0370. The molecule has 1 aromatic heterocycles. The van der Waals surface area contributed by atoms with Gasteiger partial charge in [0.1, 0.15) is 8.07 Å². The maximum atomic E-state index is 5.50. The van der Waals surface area contributed by atoms with Crippen molar-refractivity contribution >= 4 is 50.8 Å². The summed E-state index contributed by atoms with van der Waals surface area (Å²) in [7, 11) is -2.10. The van der Waals surface area contributed by atoms with Crippen LogP contribution < -0.4 is 10.4 Å². The van der Waals surface area contributed by atoms with E-state index < -0.39 is 8.07 Å². The predicted molar refractivity (Wildman–Crippen MR) is 244 cm³/mol. The van der Waals surface area contributed by atoms with Gasteiger partial charge in [0.25, 0.3) is 0 Å². The van der Waals surface area contributed by atoms with Crippen molar-refractivity contribution in [3.05, 3.63) is 194 Å². The van der Waals surface area contributed by atoms with Crippen LogP contribution in [0.4, 0.5) is 0 Å². The maximum Gasteiger partial charge on any atom is 0.160 e. The van der Waals surface area contributed by atoms with E-state index in [1.807, 2.05) is 0 Å². The molecule has 2 heterocycles. The first-order valence-corrected chi connectivity index (χ1v) is 22.7. The van der Waals surface area contributed by atoms with Crippen LogP contribution in [0.25, 0.3) is 99.6 Å². The number of nitrogens with zero attached hydrogens (tertiary/aromatic N) is 2. The van der Waals surface area contributed by atoms with Gasteiger partial charge in [0.15, 0.2) is 5.82 Å². The van der Waals surface area contributed by atoms with Gasteiger partial charge < -0.3 is 0 Å². The summed E-state index contributed by atoms with van der Waals surface area (Å²) < 4.78 is 0. The van der Waals surface area contributed by atoms with Crippen LogP contribution in [0.1, 0.15) is 0 Å². The molecule has 11 rings (SSSR count). The van der Waals surface area contributed by atoms with E-state index in [1.165, 1.54) is 70.5 Å².